The fourth-order valence-electron chi connectivity index (χ4n) is 4.95. The van der Waals surface area contributed by atoms with E-state index in [-0.39, 0.29) is 5.91 Å². The molecule has 2 saturated heterocycles. The molecule has 3 heterocycles. The molecule has 0 N–H and O–H groups in total. The van der Waals surface area contributed by atoms with Gasteiger partial charge in [0.1, 0.15) is 0 Å². The Balaban J connectivity index is 1.26. The first-order valence-electron chi connectivity index (χ1n) is 12.7. The monoisotopic (exact) mass is 503 g/mol. The molecule has 2 aliphatic rings. The van der Waals surface area contributed by atoms with Gasteiger partial charge in [0.05, 0.1) is 24.6 Å². The smallest absolute Gasteiger partial charge is 0.222 e. The lowest BCUT2D eigenvalue weighted by atomic mass is 10.0. The minimum atomic E-state index is -0.443. The Morgan fingerprint density at radius 1 is 1.00 bits per heavy atom. The Labute approximate surface area is 217 Å². The lowest BCUT2D eigenvalue weighted by molar-refractivity contribution is -0.187. The summed E-state index contributed by atoms with van der Waals surface area (Å²) in [6, 6.07) is 20.7. The molecule has 6 nitrogen and oxygen atoms in total. The van der Waals surface area contributed by atoms with Crippen LogP contribution in [0.2, 0.25) is 0 Å². The number of allylic oxidation sites excluding steroid dienone is 1. The predicted molar refractivity (Wildman–Crippen MR) is 144 cm³/mol. The number of hydrogen-bond donors (Lipinski definition) is 0. The maximum absolute atomic E-state index is 12.8. The zero-order valence-corrected chi connectivity index (χ0v) is 21.4. The normalized spacial score (nSPS) is 16.9. The molecule has 0 unspecified atom stereocenters. The summed E-state index contributed by atoms with van der Waals surface area (Å²) in [5, 5.41) is 0.954. The largest absolute Gasteiger partial charge is 0.347 e. The summed E-state index contributed by atoms with van der Waals surface area (Å²) in [7, 11) is 0. The number of rotatable bonds is 9. The summed E-state index contributed by atoms with van der Waals surface area (Å²) in [6.45, 7) is 7.38. The second-order valence-electron chi connectivity index (χ2n) is 9.16. The molecule has 0 bridgehead atoms. The fraction of sp³-hybridized carbons (Fsp3) is 0.379. The standard InChI is InChI=1S/C29H33N3O3S/c1-2-17-32-27(24-12-7-4-8-13-24)26(23-10-5-3-6-11-23)30-28(32)36-22-9-14-25(33)31-18-15-29(16-19-31)34-20-21-35-29/h2-8,10-13H,1,9,14-22H2. The number of piperidine rings is 1. The van der Waals surface area contributed by atoms with Gasteiger partial charge in [-0.2, -0.15) is 0 Å². The second kappa shape index (κ2) is 11.5. The van der Waals surface area contributed by atoms with Crippen LogP contribution in [-0.4, -0.2) is 58.2 Å². The lowest BCUT2D eigenvalue weighted by Crippen LogP contribution is -2.47. The van der Waals surface area contributed by atoms with Gasteiger partial charge >= 0.3 is 0 Å². The van der Waals surface area contributed by atoms with Crippen LogP contribution in [-0.2, 0) is 20.8 Å². The number of ether oxygens (including phenoxy) is 2. The third kappa shape index (κ3) is 5.43. The van der Waals surface area contributed by atoms with Gasteiger partial charge in [0.2, 0.25) is 5.91 Å². The van der Waals surface area contributed by atoms with Crippen LogP contribution in [0.25, 0.3) is 22.5 Å². The average molecular weight is 504 g/mol. The SMILES string of the molecule is C=CCn1c(SCCCC(=O)N2CCC3(CC2)OCCO3)nc(-c2ccccc2)c1-c1ccccc1. The highest BCUT2D eigenvalue weighted by atomic mass is 32.2. The molecule has 1 spiro atoms. The van der Waals surface area contributed by atoms with E-state index in [2.05, 4.69) is 47.5 Å². The van der Waals surface area contributed by atoms with Crippen molar-refractivity contribution in [2.24, 2.45) is 0 Å². The molecular formula is C29H33N3O3S. The van der Waals surface area contributed by atoms with Crippen LogP contribution in [0.5, 0.6) is 0 Å². The van der Waals surface area contributed by atoms with E-state index < -0.39 is 5.79 Å². The van der Waals surface area contributed by atoms with E-state index in [9.17, 15) is 4.79 Å². The summed E-state index contributed by atoms with van der Waals surface area (Å²) in [5.41, 5.74) is 4.29. The molecule has 0 saturated carbocycles. The molecule has 7 heteroatoms. The topological polar surface area (TPSA) is 56.6 Å². The van der Waals surface area contributed by atoms with E-state index in [1.165, 1.54) is 0 Å². The molecule has 0 aliphatic carbocycles. The van der Waals surface area contributed by atoms with Gasteiger partial charge in [0.15, 0.2) is 10.9 Å². The van der Waals surface area contributed by atoms with Crippen LogP contribution in [0.15, 0.2) is 78.5 Å². The average Bonchev–Trinajstić information content (AvgIpc) is 3.53. The van der Waals surface area contributed by atoms with Crippen molar-refractivity contribution < 1.29 is 14.3 Å². The zero-order chi connectivity index (χ0) is 24.8. The summed E-state index contributed by atoms with van der Waals surface area (Å²) >= 11 is 1.71. The number of carbonyl (C=O) groups is 1. The first-order chi connectivity index (χ1) is 17.7. The summed E-state index contributed by atoms with van der Waals surface area (Å²) < 4.78 is 13.8. The summed E-state index contributed by atoms with van der Waals surface area (Å²) in [5.74, 6) is 0.599. The Morgan fingerprint density at radius 3 is 2.28 bits per heavy atom. The van der Waals surface area contributed by atoms with Gasteiger partial charge in [-0.05, 0) is 6.42 Å². The van der Waals surface area contributed by atoms with E-state index in [0.29, 0.717) is 39.3 Å². The zero-order valence-electron chi connectivity index (χ0n) is 20.6. The Hall–Kier alpha value is -2.87. The van der Waals surface area contributed by atoms with Gasteiger partial charge in [-0.25, -0.2) is 4.98 Å². The van der Waals surface area contributed by atoms with Crippen molar-refractivity contribution >= 4 is 17.7 Å². The van der Waals surface area contributed by atoms with Gasteiger partial charge in [0, 0.05) is 55.8 Å². The minimum absolute atomic E-state index is 0.216. The molecule has 1 aromatic heterocycles. The number of nitrogens with zero attached hydrogens (tertiary/aromatic N) is 3. The Bertz CT molecular complexity index is 1160. The number of hydrogen-bond acceptors (Lipinski definition) is 5. The minimum Gasteiger partial charge on any atom is -0.347 e. The number of aromatic nitrogens is 2. The van der Waals surface area contributed by atoms with Crippen molar-refractivity contribution in [1.29, 1.82) is 0 Å². The number of amides is 1. The number of thioether (sulfide) groups is 1. The fourth-order valence-corrected chi connectivity index (χ4v) is 5.90. The van der Waals surface area contributed by atoms with Crippen molar-refractivity contribution in [1.82, 2.24) is 14.5 Å². The van der Waals surface area contributed by atoms with Crippen LogP contribution >= 0.6 is 11.8 Å². The molecule has 0 atom stereocenters. The molecule has 3 aromatic rings. The molecule has 5 rings (SSSR count). The third-order valence-corrected chi connectivity index (χ3v) is 7.86. The van der Waals surface area contributed by atoms with Crippen LogP contribution in [0.3, 0.4) is 0 Å². The number of imidazole rings is 1. The van der Waals surface area contributed by atoms with Crippen molar-refractivity contribution in [3.8, 4) is 22.5 Å². The first kappa shape index (κ1) is 24.8. The van der Waals surface area contributed by atoms with Gasteiger partial charge in [-0.3, -0.25) is 4.79 Å². The Morgan fingerprint density at radius 2 is 1.64 bits per heavy atom. The highest BCUT2D eigenvalue weighted by Gasteiger charge is 2.40. The molecular weight excluding hydrogens is 470 g/mol. The molecule has 2 aromatic carbocycles. The molecule has 1 amide bonds. The van der Waals surface area contributed by atoms with Crippen LogP contribution in [0, 0.1) is 0 Å². The molecule has 2 fully saturated rings. The van der Waals surface area contributed by atoms with Crippen LogP contribution in [0.4, 0.5) is 0 Å². The Kier molecular flexibility index (Phi) is 7.90. The van der Waals surface area contributed by atoms with E-state index in [4.69, 9.17) is 14.5 Å². The van der Waals surface area contributed by atoms with Crippen molar-refractivity contribution in [2.75, 3.05) is 32.1 Å². The van der Waals surface area contributed by atoms with Crippen molar-refractivity contribution in [2.45, 2.75) is 43.2 Å². The third-order valence-electron chi connectivity index (χ3n) is 6.80. The maximum Gasteiger partial charge on any atom is 0.222 e. The summed E-state index contributed by atoms with van der Waals surface area (Å²) in [4.78, 5) is 19.8. The van der Waals surface area contributed by atoms with Crippen LogP contribution < -0.4 is 0 Å². The molecule has 2 aliphatic heterocycles. The van der Waals surface area contributed by atoms with E-state index in [1.54, 1.807) is 11.8 Å². The number of likely N-dealkylation sites (tertiary alicyclic amines) is 1. The maximum atomic E-state index is 12.8. The quantitative estimate of drug-likeness (QED) is 0.215. The highest BCUT2D eigenvalue weighted by Crippen LogP contribution is 2.36. The highest BCUT2D eigenvalue weighted by molar-refractivity contribution is 7.99. The lowest BCUT2D eigenvalue weighted by Gasteiger charge is -2.37. The van der Waals surface area contributed by atoms with E-state index in [0.717, 1.165) is 52.7 Å². The summed E-state index contributed by atoms with van der Waals surface area (Å²) in [6.07, 6.45) is 4.78. The first-order valence-corrected chi connectivity index (χ1v) is 13.7. The van der Waals surface area contributed by atoms with Gasteiger partial charge in [-0.1, -0.05) is 78.5 Å². The second-order valence-corrected chi connectivity index (χ2v) is 10.2. The molecule has 0 radical (unpaired) electrons. The van der Waals surface area contributed by atoms with Crippen molar-refractivity contribution in [3.05, 3.63) is 73.3 Å². The van der Waals surface area contributed by atoms with E-state index in [1.807, 2.05) is 35.2 Å². The molecule has 36 heavy (non-hydrogen) atoms. The van der Waals surface area contributed by atoms with Crippen molar-refractivity contribution in [3.63, 3.8) is 0 Å². The van der Waals surface area contributed by atoms with Crippen LogP contribution in [0.1, 0.15) is 25.7 Å². The molecule has 188 valence electrons. The van der Waals surface area contributed by atoms with Gasteiger partial charge in [0.25, 0.3) is 0 Å². The number of carbonyl (C=O) groups excluding carboxylic acids is 1. The number of benzene rings is 2. The van der Waals surface area contributed by atoms with Gasteiger partial charge < -0.3 is 18.9 Å². The van der Waals surface area contributed by atoms with E-state index >= 15 is 0 Å². The van der Waals surface area contributed by atoms with Gasteiger partial charge in [-0.15, -0.1) is 6.58 Å². The predicted octanol–water partition coefficient (Wildman–Crippen LogP) is 5.64.